The lowest BCUT2D eigenvalue weighted by Gasteiger charge is -2.56. The molecule has 0 atom stereocenters. The lowest BCUT2D eigenvalue weighted by Crippen LogP contribution is -2.52. The van der Waals surface area contributed by atoms with Gasteiger partial charge in [0.2, 0.25) is 0 Å². The molecule has 0 saturated heterocycles. The average molecular weight is 274 g/mol. The summed E-state index contributed by atoms with van der Waals surface area (Å²) in [6.07, 6.45) is 8.32. The van der Waals surface area contributed by atoms with Gasteiger partial charge in [-0.3, -0.25) is 0 Å². The van der Waals surface area contributed by atoms with Crippen LogP contribution in [0.2, 0.25) is 0 Å². The lowest BCUT2D eigenvalue weighted by atomic mass is 9.53. The predicted molar refractivity (Wildman–Crippen MR) is 78.1 cm³/mol. The van der Waals surface area contributed by atoms with E-state index in [2.05, 4.69) is 16.6 Å². The van der Waals surface area contributed by atoms with Crippen LogP contribution in [0.1, 0.15) is 64.0 Å². The normalized spacial score (nSPS) is 39.5. The summed E-state index contributed by atoms with van der Waals surface area (Å²) in [6.45, 7) is 6.08. The highest BCUT2D eigenvalue weighted by atomic mass is 15.4. The molecule has 1 heterocycles. The second-order valence-electron chi connectivity index (χ2n) is 8.26. The van der Waals surface area contributed by atoms with E-state index in [0.717, 1.165) is 29.4 Å². The highest BCUT2D eigenvalue weighted by molar-refractivity contribution is 5.10. The largest absolute Gasteiger partial charge is 0.319 e. The van der Waals surface area contributed by atoms with E-state index in [1.165, 1.54) is 38.5 Å². The van der Waals surface area contributed by atoms with Gasteiger partial charge in [-0.15, -0.1) is 0 Å². The Morgan fingerprint density at radius 1 is 1.10 bits per heavy atom. The number of nitrogens with two attached hydrogens (primary N) is 1. The van der Waals surface area contributed by atoms with Crippen molar-refractivity contribution in [3.05, 3.63) is 11.6 Å². The molecule has 4 heteroatoms. The highest BCUT2D eigenvalue weighted by Gasteiger charge is 2.53. The fourth-order valence-electron chi connectivity index (χ4n) is 5.44. The minimum Gasteiger partial charge on any atom is -0.319 e. The quantitative estimate of drug-likeness (QED) is 0.902. The molecule has 110 valence electrons. The van der Waals surface area contributed by atoms with Gasteiger partial charge in [0.25, 0.3) is 0 Å². The van der Waals surface area contributed by atoms with Gasteiger partial charge in [0.05, 0.1) is 11.1 Å². The molecule has 5 rings (SSSR count). The molecule has 4 aliphatic carbocycles. The van der Waals surface area contributed by atoms with E-state index < -0.39 is 5.54 Å². The summed E-state index contributed by atoms with van der Waals surface area (Å²) in [7, 11) is 0. The zero-order chi connectivity index (χ0) is 14.1. The fourth-order valence-corrected chi connectivity index (χ4v) is 5.44. The summed E-state index contributed by atoms with van der Waals surface area (Å²) >= 11 is 0. The van der Waals surface area contributed by atoms with Crippen LogP contribution in [-0.2, 0) is 11.1 Å². The molecule has 0 spiro atoms. The van der Waals surface area contributed by atoms with Crippen LogP contribution >= 0.6 is 0 Å². The van der Waals surface area contributed by atoms with Crippen molar-refractivity contribution in [3.63, 3.8) is 0 Å². The topological polar surface area (TPSA) is 56.7 Å². The number of rotatable bonds is 2. The third-order valence-corrected chi connectivity index (χ3v) is 5.80. The number of aryl methyl sites for hydroxylation is 1. The van der Waals surface area contributed by atoms with Crippen molar-refractivity contribution in [1.29, 1.82) is 0 Å². The monoisotopic (exact) mass is 274 g/mol. The van der Waals surface area contributed by atoms with Crippen molar-refractivity contribution in [3.8, 4) is 0 Å². The zero-order valence-corrected chi connectivity index (χ0v) is 12.9. The maximum Gasteiger partial charge on any atom is 0.170 e. The molecule has 0 aliphatic heterocycles. The van der Waals surface area contributed by atoms with Crippen LogP contribution in [0.3, 0.4) is 0 Å². The van der Waals surface area contributed by atoms with Gasteiger partial charge in [-0.05, 0) is 77.0 Å². The van der Waals surface area contributed by atoms with Gasteiger partial charge in [-0.25, -0.2) is 9.67 Å². The predicted octanol–water partition coefficient (Wildman–Crippen LogP) is 2.71. The van der Waals surface area contributed by atoms with E-state index in [4.69, 9.17) is 10.8 Å². The molecule has 4 saturated carbocycles. The van der Waals surface area contributed by atoms with Crippen molar-refractivity contribution < 1.29 is 0 Å². The first-order chi connectivity index (χ1) is 9.36. The van der Waals surface area contributed by atoms with Gasteiger partial charge < -0.3 is 5.73 Å². The van der Waals surface area contributed by atoms with E-state index in [-0.39, 0.29) is 5.54 Å². The standard InChI is InChI=1S/C16H26N4/c1-10-18-14(15(2,3)17)19-20(10)16-7-11-4-12(8-16)6-13(5-11)9-16/h11-13H,4-9,17H2,1-3H3. The Hall–Kier alpha value is -0.900. The molecule has 0 unspecified atom stereocenters. The Morgan fingerprint density at radius 2 is 1.60 bits per heavy atom. The van der Waals surface area contributed by atoms with Crippen molar-refractivity contribution >= 4 is 0 Å². The lowest BCUT2D eigenvalue weighted by molar-refractivity contribution is -0.0508. The van der Waals surface area contributed by atoms with Crippen molar-refractivity contribution in [2.45, 2.75) is 70.4 Å². The summed E-state index contributed by atoms with van der Waals surface area (Å²) < 4.78 is 2.27. The second kappa shape index (κ2) is 3.85. The highest BCUT2D eigenvalue weighted by Crippen LogP contribution is 2.58. The molecule has 4 bridgehead atoms. The molecule has 1 aromatic heterocycles. The van der Waals surface area contributed by atoms with E-state index in [0.29, 0.717) is 0 Å². The molecular formula is C16H26N4. The van der Waals surface area contributed by atoms with Gasteiger partial charge in [0.1, 0.15) is 5.82 Å². The molecule has 1 aromatic rings. The SMILES string of the molecule is Cc1nc(C(C)(C)N)nn1C12CC3CC(CC(C3)C1)C2. The van der Waals surface area contributed by atoms with Crippen molar-refractivity contribution in [2.24, 2.45) is 23.5 Å². The Labute approximate surface area is 121 Å². The Bertz CT molecular complexity index is 502. The second-order valence-corrected chi connectivity index (χ2v) is 8.26. The van der Waals surface area contributed by atoms with E-state index in [9.17, 15) is 0 Å². The first-order valence-electron chi connectivity index (χ1n) is 8.09. The van der Waals surface area contributed by atoms with Gasteiger partial charge in [0, 0.05) is 0 Å². The Balaban J connectivity index is 1.76. The summed E-state index contributed by atoms with van der Waals surface area (Å²) in [5.74, 6) is 4.64. The van der Waals surface area contributed by atoms with Crippen molar-refractivity contribution in [1.82, 2.24) is 14.8 Å². The fraction of sp³-hybridized carbons (Fsp3) is 0.875. The van der Waals surface area contributed by atoms with Gasteiger partial charge in [-0.1, -0.05) is 0 Å². The number of hydrogen-bond donors (Lipinski definition) is 1. The zero-order valence-electron chi connectivity index (χ0n) is 12.9. The summed E-state index contributed by atoms with van der Waals surface area (Å²) in [5, 5.41) is 4.85. The molecule has 0 radical (unpaired) electrons. The van der Waals surface area contributed by atoms with Crippen LogP contribution in [-0.4, -0.2) is 14.8 Å². The minimum atomic E-state index is -0.446. The van der Waals surface area contributed by atoms with Crippen LogP contribution in [0.4, 0.5) is 0 Å². The van der Waals surface area contributed by atoms with Gasteiger partial charge >= 0.3 is 0 Å². The molecule has 2 N–H and O–H groups in total. The Kier molecular flexibility index (Phi) is 2.46. The molecule has 20 heavy (non-hydrogen) atoms. The molecule has 0 aromatic carbocycles. The van der Waals surface area contributed by atoms with Crippen molar-refractivity contribution in [2.75, 3.05) is 0 Å². The third kappa shape index (κ3) is 1.77. The molecule has 4 nitrogen and oxygen atoms in total. The summed E-state index contributed by atoms with van der Waals surface area (Å²) in [4.78, 5) is 4.67. The third-order valence-electron chi connectivity index (χ3n) is 5.80. The number of hydrogen-bond acceptors (Lipinski definition) is 3. The van der Waals surface area contributed by atoms with Crippen LogP contribution < -0.4 is 5.73 Å². The maximum atomic E-state index is 6.19. The van der Waals surface area contributed by atoms with Gasteiger partial charge in [0.15, 0.2) is 5.82 Å². The van der Waals surface area contributed by atoms with Crippen LogP contribution in [0.5, 0.6) is 0 Å². The first-order valence-corrected chi connectivity index (χ1v) is 8.09. The Morgan fingerprint density at radius 3 is 2.00 bits per heavy atom. The van der Waals surface area contributed by atoms with E-state index >= 15 is 0 Å². The van der Waals surface area contributed by atoms with Crippen LogP contribution in [0.25, 0.3) is 0 Å². The molecule has 4 aliphatic rings. The van der Waals surface area contributed by atoms with E-state index in [1.807, 2.05) is 13.8 Å². The van der Waals surface area contributed by atoms with Gasteiger partial charge in [-0.2, -0.15) is 5.10 Å². The molecular weight excluding hydrogens is 248 g/mol. The maximum absolute atomic E-state index is 6.19. The smallest absolute Gasteiger partial charge is 0.170 e. The molecule has 0 amide bonds. The molecule has 4 fully saturated rings. The average Bonchev–Trinajstić information content (AvgIpc) is 2.69. The summed E-state index contributed by atoms with van der Waals surface area (Å²) in [5.41, 5.74) is 6.01. The van der Waals surface area contributed by atoms with Crippen LogP contribution in [0, 0.1) is 24.7 Å². The minimum absolute atomic E-state index is 0.259. The van der Waals surface area contributed by atoms with Crippen LogP contribution in [0.15, 0.2) is 0 Å². The first kappa shape index (κ1) is 12.8. The summed E-state index contributed by atoms with van der Waals surface area (Å²) in [6, 6.07) is 0. The van der Waals surface area contributed by atoms with E-state index in [1.54, 1.807) is 0 Å². The number of nitrogens with zero attached hydrogens (tertiary/aromatic N) is 3. The number of aromatic nitrogens is 3.